The van der Waals surface area contributed by atoms with Gasteiger partial charge in [0.2, 0.25) is 0 Å². The summed E-state index contributed by atoms with van der Waals surface area (Å²) in [4.78, 5) is 4.30. The van der Waals surface area contributed by atoms with Gasteiger partial charge in [-0.3, -0.25) is 9.67 Å². The van der Waals surface area contributed by atoms with Crippen molar-refractivity contribution < 1.29 is 4.74 Å². The number of ether oxygens (including phenoxy) is 1. The van der Waals surface area contributed by atoms with E-state index in [9.17, 15) is 0 Å². The molecule has 1 aromatic heterocycles. The highest BCUT2D eigenvalue weighted by Gasteiger charge is 2.09. The van der Waals surface area contributed by atoms with Gasteiger partial charge in [-0.2, -0.15) is 5.10 Å². The third-order valence-corrected chi connectivity index (χ3v) is 4.67. The number of nitrogens with one attached hydrogen (secondary N) is 2. The van der Waals surface area contributed by atoms with Crippen molar-refractivity contribution in [2.45, 2.75) is 33.6 Å². The lowest BCUT2D eigenvalue weighted by Crippen LogP contribution is -2.39. The Bertz CT molecular complexity index is 770. The van der Waals surface area contributed by atoms with E-state index < -0.39 is 0 Å². The molecule has 0 spiro atoms. The molecule has 0 saturated carbocycles. The van der Waals surface area contributed by atoms with Crippen molar-refractivity contribution in [1.29, 1.82) is 0 Å². The first kappa shape index (κ1) is 23.3. The van der Waals surface area contributed by atoms with E-state index in [0.29, 0.717) is 0 Å². The number of aliphatic imine (C=N–C) groups is 1. The highest BCUT2D eigenvalue weighted by molar-refractivity contribution is 14.0. The van der Waals surface area contributed by atoms with Gasteiger partial charge in [-0.1, -0.05) is 17.7 Å². The van der Waals surface area contributed by atoms with Gasteiger partial charge in [0.25, 0.3) is 0 Å². The highest BCUT2D eigenvalue weighted by Crippen LogP contribution is 2.19. The summed E-state index contributed by atoms with van der Waals surface area (Å²) in [5, 5.41) is 11.2. The van der Waals surface area contributed by atoms with Gasteiger partial charge in [0.05, 0.1) is 12.8 Å². The third-order valence-electron chi connectivity index (χ3n) is 4.67. The molecule has 7 heteroatoms. The molecular weight excluding hydrogens is 453 g/mol. The summed E-state index contributed by atoms with van der Waals surface area (Å²) >= 11 is 0. The minimum atomic E-state index is 0. The summed E-state index contributed by atoms with van der Waals surface area (Å²) in [7, 11) is 5.49. The molecule has 0 unspecified atom stereocenters. The van der Waals surface area contributed by atoms with Gasteiger partial charge in [0.15, 0.2) is 5.96 Å². The van der Waals surface area contributed by atoms with Crippen molar-refractivity contribution in [3.8, 4) is 5.75 Å². The molecule has 0 bridgehead atoms. The number of halogens is 1. The maximum Gasteiger partial charge on any atom is 0.190 e. The van der Waals surface area contributed by atoms with Crippen LogP contribution in [0.15, 0.2) is 23.2 Å². The molecule has 0 aliphatic carbocycles. The molecule has 1 heterocycles. The summed E-state index contributed by atoms with van der Waals surface area (Å²) in [5.74, 6) is 1.75. The summed E-state index contributed by atoms with van der Waals surface area (Å²) in [6.45, 7) is 7.88. The molecule has 0 radical (unpaired) electrons. The number of guanidine groups is 1. The van der Waals surface area contributed by atoms with Crippen LogP contribution in [-0.2, 0) is 19.9 Å². The second kappa shape index (κ2) is 11.2. The molecule has 0 atom stereocenters. The lowest BCUT2D eigenvalue weighted by Gasteiger charge is -2.13. The molecular formula is C20H32IN5O. The molecule has 0 fully saturated rings. The smallest absolute Gasteiger partial charge is 0.190 e. The lowest BCUT2D eigenvalue weighted by atomic mass is 10.1. The zero-order valence-electron chi connectivity index (χ0n) is 17.2. The van der Waals surface area contributed by atoms with Crippen molar-refractivity contribution in [3.05, 3.63) is 46.3 Å². The molecule has 0 aliphatic heterocycles. The Kier molecular flexibility index (Phi) is 9.62. The fourth-order valence-corrected chi connectivity index (χ4v) is 3.12. The highest BCUT2D eigenvalue weighted by atomic mass is 127. The maximum atomic E-state index is 5.44. The molecule has 0 amide bonds. The standard InChI is InChI=1S/C20H31N5O.HI/c1-14-7-8-19(26-6)17(13-14)9-11-22-20(21-4)23-12-10-18-15(2)24-25(5)16(18)3;/h7-8,13H,9-12H2,1-6H3,(H2,21,22,23);1H. The Hall–Kier alpha value is -1.77. The average Bonchev–Trinajstić information content (AvgIpc) is 2.86. The fourth-order valence-electron chi connectivity index (χ4n) is 3.12. The molecule has 27 heavy (non-hydrogen) atoms. The molecule has 1 aromatic carbocycles. The van der Waals surface area contributed by atoms with Crippen LogP contribution in [0.5, 0.6) is 5.75 Å². The third kappa shape index (κ3) is 6.41. The summed E-state index contributed by atoms with van der Waals surface area (Å²) in [6.07, 6.45) is 1.81. The van der Waals surface area contributed by atoms with E-state index in [1.54, 1.807) is 14.2 Å². The monoisotopic (exact) mass is 485 g/mol. The number of hydrogen-bond acceptors (Lipinski definition) is 3. The van der Waals surface area contributed by atoms with E-state index in [1.807, 2.05) is 17.8 Å². The predicted octanol–water partition coefficient (Wildman–Crippen LogP) is 2.92. The van der Waals surface area contributed by atoms with Crippen LogP contribution in [0, 0.1) is 20.8 Å². The van der Waals surface area contributed by atoms with Crippen molar-refractivity contribution in [3.63, 3.8) is 0 Å². The van der Waals surface area contributed by atoms with Crippen LogP contribution in [-0.4, -0.2) is 43.0 Å². The Morgan fingerprint density at radius 2 is 1.81 bits per heavy atom. The van der Waals surface area contributed by atoms with Crippen molar-refractivity contribution in [2.24, 2.45) is 12.0 Å². The number of aryl methyl sites for hydroxylation is 3. The van der Waals surface area contributed by atoms with Gasteiger partial charge < -0.3 is 15.4 Å². The normalized spacial score (nSPS) is 11.1. The largest absolute Gasteiger partial charge is 0.496 e. The first-order chi connectivity index (χ1) is 12.5. The van der Waals surface area contributed by atoms with E-state index in [2.05, 4.69) is 53.6 Å². The Morgan fingerprint density at radius 3 is 2.37 bits per heavy atom. The second-order valence-electron chi connectivity index (χ2n) is 6.51. The number of benzene rings is 1. The lowest BCUT2D eigenvalue weighted by molar-refractivity contribution is 0.409. The Morgan fingerprint density at radius 1 is 1.15 bits per heavy atom. The molecule has 2 aromatic rings. The Labute approximate surface area is 179 Å². The van der Waals surface area contributed by atoms with Crippen LogP contribution in [0.4, 0.5) is 0 Å². The number of aromatic nitrogens is 2. The molecule has 6 nitrogen and oxygen atoms in total. The van der Waals surface area contributed by atoms with E-state index in [1.165, 1.54) is 22.4 Å². The van der Waals surface area contributed by atoms with Crippen LogP contribution < -0.4 is 15.4 Å². The summed E-state index contributed by atoms with van der Waals surface area (Å²) in [6, 6.07) is 6.26. The molecule has 0 aliphatic rings. The minimum absolute atomic E-state index is 0. The maximum absolute atomic E-state index is 5.44. The fraction of sp³-hybridized carbons (Fsp3) is 0.500. The van der Waals surface area contributed by atoms with Crippen molar-refractivity contribution in [2.75, 3.05) is 27.2 Å². The molecule has 2 N–H and O–H groups in total. The van der Waals surface area contributed by atoms with Crippen LogP contribution in [0.3, 0.4) is 0 Å². The van der Waals surface area contributed by atoms with Crippen LogP contribution in [0.2, 0.25) is 0 Å². The van der Waals surface area contributed by atoms with Gasteiger partial charge in [0, 0.05) is 32.9 Å². The first-order valence-corrected chi connectivity index (χ1v) is 9.03. The van der Waals surface area contributed by atoms with E-state index >= 15 is 0 Å². The van der Waals surface area contributed by atoms with Gasteiger partial charge in [-0.15, -0.1) is 24.0 Å². The van der Waals surface area contributed by atoms with E-state index in [-0.39, 0.29) is 24.0 Å². The van der Waals surface area contributed by atoms with Crippen LogP contribution in [0.1, 0.15) is 28.1 Å². The number of nitrogens with zero attached hydrogens (tertiary/aromatic N) is 3. The topological polar surface area (TPSA) is 63.5 Å². The van der Waals surface area contributed by atoms with E-state index in [0.717, 1.165) is 43.3 Å². The van der Waals surface area contributed by atoms with Gasteiger partial charge >= 0.3 is 0 Å². The first-order valence-electron chi connectivity index (χ1n) is 9.03. The summed E-state index contributed by atoms with van der Waals surface area (Å²) in [5.41, 5.74) is 6.07. The number of rotatable bonds is 7. The minimum Gasteiger partial charge on any atom is -0.496 e. The van der Waals surface area contributed by atoms with Gasteiger partial charge in [0.1, 0.15) is 5.75 Å². The molecule has 0 saturated heterocycles. The van der Waals surface area contributed by atoms with Crippen LogP contribution in [0.25, 0.3) is 0 Å². The second-order valence-corrected chi connectivity index (χ2v) is 6.51. The number of hydrogen-bond donors (Lipinski definition) is 2. The predicted molar refractivity (Wildman–Crippen MR) is 123 cm³/mol. The zero-order chi connectivity index (χ0) is 19.1. The summed E-state index contributed by atoms with van der Waals surface area (Å²) < 4.78 is 7.38. The van der Waals surface area contributed by atoms with Crippen molar-refractivity contribution >= 4 is 29.9 Å². The van der Waals surface area contributed by atoms with Gasteiger partial charge in [-0.05, 0) is 50.8 Å². The zero-order valence-corrected chi connectivity index (χ0v) is 19.5. The molecule has 150 valence electrons. The van der Waals surface area contributed by atoms with Crippen LogP contribution >= 0.6 is 24.0 Å². The number of methoxy groups -OCH3 is 1. The van der Waals surface area contributed by atoms with Crippen molar-refractivity contribution in [1.82, 2.24) is 20.4 Å². The SMILES string of the molecule is CN=C(NCCc1cc(C)ccc1OC)NCCc1c(C)nn(C)c1C.I. The van der Waals surface area contributed by atoms with Gasteiger partial charge in [-0.25, -0.2) is 0 Å². The molecule has 2 rings (SSSR count). The average molecular weight is 485 g/mol. The Balaban J connectivity index is 0.00000364. The quantitative estimate of drug-likeness (QED) is 0.360. The van der Waals surface area contributed by atoms with E-state index in [4.69, 9.17) is 4.74 Å².